The number of allylic oxidation sites excluding steroid dienone is 2. The summed E-state index contributed by atoms with van der Waals surface area (Å²) in [5.74, 6) is 0.410. The molecule has 9 heteroatoms. The molecule has 26 heavy (non-hydrogen) atoms. The highest BCUT2D eigenvalue weighted by atomic mass is 32.1. The fourth-order valence-electron chi connectivity index (χ4n) is 2.56. The summed E-state index contributed by atoms with van der Waals surface area (Å²) < 4.78 is 42.9. The van der Waals surface area contributed by atoms with Crippen LogP contribution in [0.25, 0.3) is 0 Å². The van der Waals surface area contributed by atoms with Gasteiger partial charge in [-0.2, -0.15) is 13.2 Å². The second kappa shape index (κ2) is 8.37. The van der Waals surface area contributed by atoms with Gasteiger partial charge in [-0.15, -0.1) is 5.10 Å². The van der Waals surface area contributed by atoms with Gasteiger partial charge in [-0.05, 0) is 31.1 Å². The molecule has 0 N–H and O–H groups in total. The lowest BCUT2D eigenvalue weighted by molar-refractivity contribution is -0.138. The quantitative estimate of drug-likeness (QED) is 0.654. The molecule has 1 aliphatic rings. The highest BCUT2D eigenvalue weighted by Crippen LogP contribution is 2.35. The number of rotatable bonds is 8. The van der Waals surface area contributed by atoms with E-state index in [4.69, 9.17) is 4.74 Å². The van der Waals surface area contributed by atoms with E-state index in [-0.39, 0.29) is 29.7 Å². The Morgan fingerprint density at radius 3 is 2.42 bits per heavy atom. The van der Waals surface area contributed by atoms with E-state index in [1.807, 2.05) is 13.8 Å². The van der Waals surface area contributed by atoms with E-state index >= 15 is 0 Å². The van der Waals surface area contributed by atoms with Crippen LogP contribution < -0.4 is 4.74 Å². The molecule has 1 aromatic heterocycles. The number of nitrogens with zero attached hydrogens (tertiary/aromatic N) is 3. The third-order valence-electron chi connectivity index (χ3n) is 3.60. The number of carbonyl (C=O) groups is 1. The maximum atomic E-state index is 12.7. The first-order valence-corrected chi connectivity index (χ1v) is 9.45. The van der Waals surface area contributed by atoms with Gasteiger partial charge in [0.25, 0.3) is 11.1 Å². The van der Waals surface area contributed by atoms with E-state index < -0.39 is 11.2 Å². The lowest BCUT2D eigenvalue weighted by Gasteiger charge is -2.27. The van der Waals surface area contributed by atoms with Crippen LogP contribution >= 0.6 is 11.3 Å². The van der Waals surface area contributed by atoms with Crippen molar-refractivity contribution in [2.45, 2.75) is 59.2 Å². The van der Waals surface area contributed by atoms with Gasteiger partial charge in [-0.1, -0.05) is 50.2 Å². The number of hydrogen-bond donors (Lipinski definition) is 0. The van der Waals surface area contributed by atoms with Gasteiger partial charge in [-0.3, -0.25) is 4.79 Å². The van der Waals surface area contributed by atoms with Gasteiger partial charge in [0.2, 0.25) is 5.01 Å². The maximum absolute atomic E-state index is 12.7. The Morgan fingerprint density at radius 1 is 1.31 bits per heavy atom. The molecule has 1 aromatic rings. The molecule has 0 saturated heterocycles. The van der Waals surface area contributed by atoms with E-state index in [0.29, 0.717) is 17.3 Å². The number of ether oxygens (including phenoxy) is 1. The Kier molecular flexibility index (Phi) is 6.65. The molecule has 0 atom stereocenters. The van der Waals surface area contributed by atoms with Crippen molar-refractivity contribution in [2.24, 2.45) is 11.8 Å². The summed E-state index contributed by atoms with van der Waals surface area (Å²) in [5.41, 5.74) is 0.958. The second-order valence-corrected chi connectivity index (χ2v) is 8.09. The SMILES string of the molecule is CC(C)C=C(CC(C)C)N(C(=O)COc1nnc(C(F)(F)F)s1)C1CC1. The highest BCUT2D eigenvalue weighted by molar-refractivity contribution is 7.13. The average Bonchev–Trinajstić information content (AvgIpc) is 3.18. The van der Waals surface area contributed by atoms with Crippen molar-refractivity contribution in [1.29, 1.82) is 0 Å². The topological polar surface area (TPSA) is 55.3 Å². The molecule has 1 fully saturated rings. The zero-order valence-electron chi connectivity index (χ0n) is 15.3. The average molecular weight is 391 g/mol. The molecule has 146 valence electrons. The number of hydrogen-bond acceptors (Lipinski definition) is 5. The molecule has 0 aliphatic heterocycles. The normalized spacial score (nSPS) is 15.7. The largest absolute Gasteiger partial charge is 0.459 e. The van der Waals surface area contributed by atoms with E-state index in [0.717, 1.165) is 25.0 Å². The lowest BCUT2D eigenvalue weighted by atomic mass is 10.0. The van der Waals surface area contributed by atoms with Crippen LogP contribution in [0.3, 0.4) is 0 Å². The van der Waals surface area contributed by atoms with Gasteiger partial charge in [0.1, 0.15) is 0 Å². The van der Waals surface area contributed by atoms with Crippen LogP contribution in [-0.4, -0.2) is 33.7 Å². The number of halogens is 3. The summed E-state index contributed by atoms with van der Waals surface area (Å²) in [5, 5.41) is 5.08. The predicted molar refractivity (Wildman–Crippen MR) is 92.7 cm³/mol. The van der Waals surface area contributed by atoms with Crippen LogP contribution in [-0.2, 0) is 11.0 Å². The monoisotopic (exact) mass is 391 g/mol. The molecular formula is C17H24F3N3O2S. The molecule has 0 spiro atoms. The Balaban J connectivity index is 2.07. The van der Waals surface area contributed by atoms with Crippen molar-refractivity contribution < 1.29 is 22.7 Å². The van der Waals surface area contributed by atoms with Gasteiger partial charge in [0.15, 0.2) is 6.61 Å². The van der Waals surface area contributed by atoms with Gasteiger partial charge in [0, 0.05) is 11.7 Å². The molecule has 0 unspecified atom stereocenters. The number of alkyl halides is 3. The fourth-order valence-corrected chi connectivity index (χ4v) is 3.12. The van der Waals surface area contributed by atoms with E-state index in [1.165, 1.54) is 0 Å². The smallest absolute Gasteiger partial charge is 0.445 e. The molecule has 1 saturated carbocycles. The Bertz CT molecular complexity index is 652. The summed E-state index contributed by atoms with van der Waals surface area (Å²) >= 11 is 0.292. The molecule has 0 bridgehead atoms. The van der Waals surface area contributed by atoms with Crippen LogP contribution in [0.1, 0.15) is 52.0 Å². The predicted octanol–water partition coefficient (Wildman–Crippen LogP) is 4.51. The summed E-state index contributed by atoms with van der Waals surface area (Å²) in [4.78, 5) is 14.5. The summed E-state index contributed by atoms with van der Waals surface area (Å²) in [6.45, 7) is 7.91. The van der Waals surface area contributed by atoms with Crippen LogP contribution in [0.5, 0.6) is 5.19 Å². The van der Waals surface area contributed by atoms with E-state index in [2.05, 4.69) is 30.1 Å². The van der Waals surface area contributed by atoms with Gasteiger partial charge < -0.3 is 9.64 Å². The van der Waals surface area contributed by atoms with Crippen LogP contribution in [0, 0.1) is 11.8 Å². The first-order valence-electron chi connectivity index (χ1n) is 8.64. The minimum atomic E-state index is -4.56. The summed E-state index contributed by atoms with van der Waals surface area (Å²) in [6.07, 6.45) is 0.126. The van der Waals surface area contributed by atoms with Crippen LogP contribution in [0.4, 0.5) is 13.2 Å². The fraction of sp³-hybridized carbons (Fsp3) is 0.706. The van der Waals surface area contributed by atoms with E-state index in [1.54, 1.807) is 4.90 Å². The van der Waals surface area contributed by atoms with Crippen LogP contribution in [0.2, 0.25) is 0 Å². The molecule has 1 aliphatic carbocycles. The number of aromatic nitrogens is 2. The minimum Gasteiger partial charge on any atom is -0.459 e. The third kappa shape index (κ3) is 5.96. The first kappa shape index (κ1) is 20.7. The van der Waals surface area contributed by atoms with Crippen molar-refractivity contribution in [2.75, 3.05) is 6.61 Å². The zero-order valence-corrected chi connectivity index (χ0v) is 16.2. The second-order valence-electron chi connectivity index (χ2n) is 7.15. The standard InChI is InChI=1S/C17H24F3N3O2S/c1-10(2)7-13(8-11(3)4)23(12-5-6-12)14(24)9-25-16-22-21-15(26-16)17(18,19)20/h7,10-12H,5-6,8-9H2,1-4H3. The van der Waals surface area contributed by atoms with Gasteiger partial charge in [0.05, 0.1) is 0 Å². The van der Waals surface area contributed by atoms with Crippen molar-refractivity contribution >= 4 is 17.2 Å². The number of amides is 1. The summed E-state index contributed by atoms with van der Waals surface area (Å²) in [7, 11) is 0. The minimum absolute atomic E-state index is 0.148. The van der Waals surface area contributed by atoms with Gasteiger partial charge >= 0.3 is 6.18 Å². The maximum Gasteiger partial charge on any atom is 0.445 e. The summed E-state index contributed by atoms with van der Waals surface area (Å²) in [6, 6.07) is 0.148. The molecule has 2 rings (SSSR count). The van der Waals surface area contributed by atoms with Gasteiger partial charge in [-0.25, -0.2) is 0 Å². The zero-order chi connectivity index (χ0) is 19.5. The van der Waals surface area contributed by atoms with Crippen molar-refractivity contribution in [3.63, 3.8) is 0 Å². The molecule has 1 heterocycles. The Morgan fingerprint density at radius 2 is 1.96 bits per heavy atom. The van der Waals surface area contributed by atoms with Crippen molar-refractivity contribution in [3.8, 4) is 5.19 Å². The molecule has 5 nitrogen and oxygen atoms in total. The lowest BCUT2D eigenvalue weighted by Crippen LogP contribution is -2.36. The first-order chi connectivity index (χ1) is 12.1. The van der Waals surface area contributed by atoms with E-state index in [9.17, 15) is 18.0 Å². The molecule has 0 aromatic carbocycles. The Labute approximate surface area is 155 Å². The number of carbonyl (C=O) groups excluding carboxylic acids is 1. The van der Waals surface area contributed by atoms with Crippen LogP contribution in [0.15, 0.2) is 11.8 Å². The third-order valence-corrected chi connectivity index (χ3v) is 4.48. The van der Waals surface area contributed by atoms with Crippen molar-refractivity contribution in [1.82, 2.24) is 15.1 Å². The Hall–Kier alpha value is -1.64. The molecule has 1 amide bonds. The highest BCUT2D eigenvalue weighted by Gasteiger charge is 2.37. The molecular weight excluding hydrogens is 367 g/mol. The molecule has 0 radical (unpaired) electrons. The van der Waals surface area contributed by atoms with Crippen molar-refractivity contribution in [3.05, 3.63) is 16.8 Å².